The highest BCUT2D eigenvalue weighted by atomic mass is 19.1. The van der Waals surface area contributed by atoms with Crippen LogP contribution in [0.4, 0.5) is 4.39 Å². The third-order valence-electron chi connectivity index (χ3n) is 4.42. The zero-order valence-electron chi connectivity index (χ0n) is 12.7. The maximum atomic E-state index is 13.4. The van der Waals surface area contributed by atoms with Crippen LogP contribution in [-0.4, -0.2) is 31.1 Å². The van der Waals surface area contributed by atoms with Crippen LogP contribution in [0, 0.1) is 5.82 Å². The summed E-state index contributed by atoms with van der Waals surface area (Å²) in [5, 5.41) is 3.48. The quantitative estimate of drug-likeness (QED) is 0.817. The van der Waals surface area contributed by atoms with E-state index in [1.165, 1.54) is 31.7 Å². The molecule has 1 saturated carbocycles. The molecule has 1 N–H and O–H groups in total. The van der Waals surface area contributed by atoms with Gasteiger partial charge in [0.25, 0.3) is 0 Å². The van der Waals surface area contributed by atoms with Gasteiger partial charge in [-0.25, -0.2) is 4.39 Å². The maximum absolute atomic E-state index is 13.4. The lowest BCUT2D eigenvalue weighted by Crippen LogP contribution is -2.33. The van der Waals surface area contributed by atoms with Crippen molar-refractivity contribution in [2.24, 2.45) is 0 Å². The Morgan fingerprint density at radius 2 is 2.10 bits per heavy atom. The van der Waals surface area contributed by atoms with Gasteiger partial charge in [0.15, 0.2) is 0 Å². The molecular weight excluding hydrogens is 251 g/mol. The van der Waals surface area contributed by atoms with E-state index < -0.39 is 0 Å². The zero-order valence-corrected chi connectivity index (χ0v) is 12.7. The number of hydrogen-bond donors (Lipinski definition) is 1. The normalized spacial score (nSPS) is 17.8. The van der Waals surface area contributed by atoms with Crippen LogP contribution in [0.1, 0.15) is 50.6 Å². The standard InChI is InChI=1S/C17H27FN2/c1-3-19-17(14-7-6-8-15(18)13-14)11-12-20(2)16-9-4-5-10-16/h6-8,13,16-17,19H,3-5,9-12H2,1-2H3. The molecule has 1 aliphatic carbocycles. The Hall–Kier alpha value is -0.930. The minimum Gasteiger partial charge on any atom is -0.310 e. The molecular formula is C17H27FN2. The molecule has 112 valence electrons. The molecule has 0 radical (unpaired) electrons. The van der Waals surface area contributed by atoms with Crippen molar-refractivity contribution in [3.8, 4) is 0 Å². The van der Waals surface area contributed by atoms with Gasteiger partial charge in [0.05, 0.1) is 0 Å². The van der Waals surface area contributed by atoms with Crippen molar-refractivity contribution >= 4 is 0 Å². The molecule has 20 heavy (non-hydrogen) atoms. The van der Waals surface area contributed by atoms with Crippen molar-refractivity contribution in [3.63, 3.8) is 0 Å². The van der Waals surface area contributed by atoms with Gasteiger partial charge in [0.2, 0.25) is 0 Å². The van der Waals surface area contributed by atoms with Crippen LogP contribution in [0.2, 0.25) is 0 Å². The summed E-state index contributed by atoms with van der Waals surface area (Å²) in [4.78, 5) is 2.48. The molecule has 0 spiro atoms. The number of nitrogens with zero attached hydrogens (tertiary/aromatic N) is 1. The van der Waals surface area contributed by atoms with Gasteiger partial charge in [-0.1, -0.05) is 31.9 Å². The molecule has 0 amide bonds. The van der Waals surface area contributed by atoms with E-state index in [9.17, 15) is 4.39 Å². The highest BCUT2D eigenvalue weighted by Gasteiger charge is 2.20. The van der Waals surface area contributed by atoms with Gasteiger partial charge in [-0.15, -0.1) is 0 Å². The summed E-state index contributed by atoms with van der Waals surface area (Å²) in [5.74, 6) is -0.144. The highest BCUT2D eigenvalue weighted by molar-refractivity contribution is 5.20. The summed E-state index contributed by atoms with van der Waals surface area (Å²) in [6, 6.07) is 7.99. The Morgan fingerprint density at radius 3 is 2.75 bits per heavy atom. The molecule has 1 unspecified atom stereocenters. The summed E-state index contributed by atoms with van der Waals surface area (Å²) in [7, 11) is 2.23. The molecule has 1 fully saturated rings. The van der Waals surface area contributed by atoms with E-state index >= 15 is 0 Å². The lowest BCUT2D eigenvalue weighted by Gasteiger charge is -2.27. The van der Waals surface area contributed by atoms with Gasteiger partial charge in [0.1, 0.15) is 5.82 Å². The first-order chi connectivity index (χ1) is 9.70. The van der Waals surface area contributed by atoms with Gasteiger partial charge >= 0.3 is 0 Å². The summed E-state index contributed by atoms with van der Waals surface area (Å²) in [6.45, 7) is 4.08. The fourth-order valence-corrected chi connectivity index (χ4v) is 3.22. The SMILES string of the molecule is CCNC(CCN(C)C1CCCC1)c1cccc(F)c1. The zero-order chi connectivity index (χ0) is 14.4. The molecule has 0 aromatic heterocycles. The molecule has 1 atom stereocenters. The first-order valence-corrected chi connectivity index (χ1v) is 7.89. The second-order valence-electron chi connectivity index (χ2n) is 5.87. The Balaban J connectivity index is 1.91. The summed E-state index contributed by atoms with van der Waals surface area (Å²) >= 11 is 0. The summed E-state index contributed by atoms with van der Waals surface area (Å²) < 4.78 is 13.4. The van der Waals surface area contributed by atoms with Crippen molar-refractivity contribution < 1.29 is 4.39 Å². The molecule has 1 aliphatic rings. The van der Waals surface area contributed by atoms with Gasteiger partial charge in [-0.2, -0.15) is 0 Å². The second kappa shape index (κ2) is 7.75. The topological polar surface area (TPSA) is 15.3 Å². The second-order valence-corrected chi connectivity index (χ2v) is 5.87. The van der Waals surface area contributed by atoms with Crippen LogP contribution in [0.3, 0.4) is 0 Å². The number of rotatable bonds is 7. The third kappa shape index (κ3) is 4.29. The van der Waals surface area contributed by atoms with Gasteiger partial charge in [0, 0.05) is 12.1 Å². The molecule has 1 aromatic carbocycles. The predicted molar refractivity (Wildman–Crippen MR) is 82.3 cm³/mol. The predicted octanol–water partition coefficient (Wildman–Crippen LogP) is 3.74. The Morgan fingerprint density at radius 1 is 1.35 bits per heavy atom. The fraction of sp³-hybridized carbons (Fsp3) is 0.647. The Kier molecular flexibility index (Phi) is 5.99. The Bertz CT molecular complexity index is 402. The molecule has 0 saturated heterocycles. The largest absolute Gasteiger partial charge is 0.310 e. The first kappa shape index (κ1) is 15.5. The van der Waals surface area contributed by atoms with Crippen LogP contribution < -0.4 is 5.32 Å². The third-order valence-corrected chi connectivity index (χ3v) is 4.42. The van der Waals surface area contributed by atoms with Crippen LogP contribution >= 0.6 is 0 Å². The van der Waals surface area contributed by atoms with Crippen molar-refractivity contribution in [1.29, 1.82) is 0 Å². The lowest BCUT2D eigenvalue weighted by molar-refractivity contribution is 0.232. The van der Waals surface area contributed by atoms with E-state index in [1.54, 1.807) is 12.1 Å². The summed E-state index contributed by atoms with van der Waals surface area (Å²) in [6.07, 6.45) is 6.44. The molecule has 2 nitrogen and oxygen atoms in total. The molecule has 0 bridgehead atoms. The highest BCUT2D eigenvalue weighted by Crippen LogP contribution is 2.24. The van der Waals surface area contributed by atoms with E-state index in [4.69, 9.17) is 0 Å². The lowest BCUT2D eigenvalue weighted by atomic mass is 10.0. The average molecular weight is 278 g/mol. The van der Waals surface area contributed by atoms with Crippen molar-refractivity contribution in [1.82, 2.24) is 10.2 Å². The molecule has 2 rings (SSSR count). The maximum Gasteiger partial charge on any atom is 0.123 e. The minimum absolute atomic E-state index is 0.144. The monoisotopic (exact) mass is 278 g/mol. The number of hydrogen-bond acceptors (Lipinski definition) is 2. The summed E-state index contributed by atoms with van der Waals surface area (Å²) in [5.41, 5.74) is 1.06. The van der Waals surface area contributed by atoms with E-state index in [2.05, 4.69) is 24.2 Å². The van der Waals surface area contributed by atoms with E-state index in [0.717, 1.165) is 31.1 Å². The van der Waals surface area contributed by atoms with Gasteiger partial charge in [-0.3, -0.25) is 0 Å². The average Bonchev–Trinajstić information content (AvgIpc) is 2.97. The molecule has 3 heteroatoms. The minimum atomic E-state index is -0.144. The number of halogens is 1. The molecule has 0 aliphatic heterocycles. The van der Waals surface area contributed by atoms with Gasteiger partial charge in [-0.05, 0) is 57.1 Å². The van der Waals surface area contributed by atoms with Crippen LogP contribution in [0.25, 0.3) is 0 Å². The molecule has 0 heterocycles. The van der Waals surface area contributed by atoms with Crippen LogP contribution in [-0.2, 0) is 0 Å². The number of nitrogens with one attached hydrogen (secondary N) is 1. The van der Waals surface area contributed by atoms with Crippen LogP contribution in [0.15, 0.2) is 24.3 Å². The van der Waals surface area contributed by atoms with E-state index in [1.807, 2.05) is 6.07 Å². The fourth-order valence-electron chi connectivity index (χ4n) is 3.22. The van der Waals surface area contributed by atoms with E-state index in [-0.39, 0.29) is 11.9 Å². The molecule has 1 aromatic rings. The van der Waals surface area contributed by atoms with Gasteiger partial charge < -0.3 is 10.2 Å². The van der Waals surface area contributed by atoms with Crippen molar-refractivity contribution in [2.45, 2.75) is 51.1 Å². The van der Waals surface area contributed by atoms with Crippen molar-refractivity contribution in [2.75, 3.05) is 20.1 Å². The van der Waals surface area contributed by atoms with Crippen LogP contribution in [0.5, 0.6) is 0 Å². The van der Waals surface area contributed by atoms with Crippen molar-refractivity contribution in [3.05, 3.63) is 35.6 Å². The smallest absolute Gasteiger partial charge is 0.123 e. The Labute approximate surface area is 122 Å². The number of benzene rings is 1. The van der Waals surface area contributed by atoms with E-state index in [0.29, 0.717) is 0 Å². The first-order valence-electron chi connectivity index (χ1n) is 7.89.